The number of likely N-dealkylation sites (tertiary alicyclic amines) is 1. The molecule has 120 valence electrons. The molecule has 1 saturated heterocycles. The molecule has 22 heavy (non-hydrogen) atoms. The fourth-order valence-corrected chi connectivity index (χ4v) is 2.34. The van der Waals surface area contributed by atoms with Gasteiger partial charge in [0.15, 0.2) is 0 Å². The smallest absolute Gasteiger partial charge is 0.410 e. The van der Waals surface area contributed by atoms with E-state index >= 15 is 0 Å². The zero-order chi connectivity index (χ0) is 16.3. The van der Waals surface area contributed by atoms with Crippen molar-refractivity contribution >= 4 is 23.8 Å². The Morgan fingerprint density at radius 2 is 2.27 bits per heavy atom. The van der Waals surface area contributed by atoms with E-state index in [-0.39, 0.29) is 12.2 Å². The van der Waals surface area contributed by atoms with Gasteiger partial charge < -0.3 is 14.4 Å². The van der Waals surface area contributed by atoms with Gasteiger partial charge in [-0.3, -0.25) is 0 Å². The van der Waals surface area contributed by atoms with Crippen molar-refractivity contribution in [2.75, 3.05) is 13.1 Å². The number of ether oxygens (including phenoxy) is 2. The first-order chi connectivity index (χ1) is 10.3. The summed E-state index contributed by atoms with van der Waals surface area (Å²) in [5, 5.41) is 0.393. The predicted octanol–water partition coefficient (Wildman–Crippen LogP) is 3.77. The van der Waals surface area contributed by atoms with Crippen molar-refractivity contribution in [3.63, 3.8) is 0 Å². The molecule has 5 nitrogen and oxygen atoms in total. The third kappa shape index (κ3) is 4.37. The summed E-state index contributed by atoms with van der Waals surface area (Å²) in [7, 11) is 0. The number of rotatable bonds is 3. The van der Waals surface area contributed by atoms with Crippen LogP contribution in [0.1, 0.15) is 32.8 Å². The average Bonchev–Trinajstić information content (AvgIpc) is 2.87. The van der Waals surface area contributed by atoms with E-state index in [1.54, 1.807) is 23.2 Å². The van der Waals surface area contributed by atoms with Crippen molar-refractivity contribution in [1.82, 2.24) is 9.88 Å². The highest BCUT2D eigenvalue weighted by Gasteiger charge is 2.30. The summed E-state index contributed by atoms with van der Waals surface area (Å²) in [5.74, 6) is 0.621. The quantitative estimate of drug-likeness (QED) is 0.794. The molecule has 1 fully saturated rings. The maximum atomic E-state index is 12.0. The van der Waals surface area contributed by atoms with Gasteiger partial charge in [-0.15, -0.1) is 0 Å². The van der Waals surface area contributed by atoms with E-state index in [1.807, 2.05) is 20.8 Å². The Labute approximate surface area is 135 Å². The fourth-order valence-electron chi connectivity index (χ4n) is 2.16. The minimum atomic E-state index is -0.491. The van der Waals surface area contributed by atoms with Crippen LogP contribution in [0.5, 0.6) is 5.75 Å². The first kappa shape index (κ1) is 16.6. The Bertz CT molecular complexity index is 569. The van der Waals surface area contributed by atoms with Crippen molar-refractivity contribution < 1.29 is 14.3 Å². The summed E-state index contributed by atoms with van der Waals surface area (Å²) in [4.78, 5) is 17.7. The highest BCUT2D eigenvalue weighted by molar-refractivity contribution is 6.30. The Hall–Kier alpha value is -1.75. The SMILES string of the molecule is C=Cc1cc(O[C@@H]2CCN(C(=O)OC(C)(C)C)C2)cnc1Cl. The van der Waals surface area contributed by atoms with E-state index in [4.69, 9.17) is 21.1 Å². The van der Waals surface area contributed by atoms with Crippen molar-refractivity contribution in [2.45, 2.75) is 38.9 Å². The topological polar surface area (TPSA) is 51.7 Å². The van der Waals surface area contributed by atoms with E-state index in [0.717, 1.165) is 12.0 Å². The van der Waals surface area contributed by atoms with E-state index in [2.05, 4.69) is 11.6 Å². The van der Waals surface area contributed by atoms with Gasteiger partial charge in [0.2, 0.25) is 0 Å². The molecule has 2 rings (SSSR count). The lowest BCUT2D eigenvalue weighted by atomic mass is 10.2. The van der Waals surface area contributed by atoms with Gasteiger partial charge in [-0.25, -0.2) is 9.78 Å². The molecule has 0 spiro atoms. The highest BCUT2D eigenvalue weighted by Crippen LogP contribution is 2.24. The van der Waals surface area contributed by atoms with E-state index in [1.165, 1.54) is 0 Å². The van der Waals surface area contributed by atoms with Crippen LogP contribution in [-0.4, -0.2) is 40.8 Å². The minimum Gasteiger partial charge on any atom is -0.487 e. The molecule has 2 heterocycles. The maximum Gasteiger partial charge on any atom is 0.410 e. The Kier molecular flexibility index (Phi) is 4.96. The van der Waals surface area contributed by atoms with Crippen LogP contribution in [0.4, 0.5) is 4.79 Å². The number of halogens is 1. The van der Waals surface area contributed by atoms with Gasteiger partial charge >= 0.3 is 6.09 Å². The molecule has 0 N–H and O–H groups in total. The number of nitrogens with zero attached hydrogens (tertiary/aromatic N) is 2. The van der Waals surface area contributed by atoms with Gasteiger partial charge in [0, 0.05) is 18.5 Å². The molecule has 0 saturated carbocycles. The van der Waals surface area contributed by atoms with Crippen LogP contribution in [-0.2, 0) is 4.74 Å². The fraction of sp³-hybridized carbons (Fsp3) is 0.500. The minimum absolute atomic E-state index is 0.0758. The normalized spacial score (nSPS) is 18.2. The number of aromatic nitrogens is 1. The number of pyridine rings is 1. The Balaban J connectivity index is 1.94. The van der Waals surface area contributed by atoms with E-state index in [0.29, 0.717) is 24.0 Å². The molecule has 1 aromatic rings. The molecule has 1 amide bonds. The second-order valence-corrected chi connectivity index (χ2v) is 6.57. The van der Waals surface area contributed by atoms with Gasteiger partial charge in [0.25, 0.3) is 0 Å². The molecule has 0 radical (unpaired) electrons. The second-order valence-electron chi connectivity index (χ2n) is 6.21. The number of carbonyl (C=O) groups is 1. The molecule has 1 aromatic heterocycles. The number of hydrogen-bond acceptors (Lipinski definition) is 4. The van der Waals surface area contributed by atoms with Gasteiger partial charge in [0.1, 0.15) is 22.6 Å². The van der Waals surface area contributed by atoms with Crippen LogP contribution in [0.3, 0.4) is 0 Å². The van der Waals surface area contributed by atoms with E-state index < -0.39 is 5.60 Å². The molecule has 0 bridgehead atoms. The van der Waals surface area contributed by atoms with Crippen LogP contribution >= 0.6 is 11.6 Å². The zero-order valence-corrected chi connectivity index (χ0v) is 13.9. The van der Waals surface area contributed by atoms with Crippen molar-refractivity contribution in [3.05, 3.63) is 29.6 Å². The first-order valence-electron chi connectivity index (χ1n) is 7.21. The Morgan fingerprint density at radius 3 is 2.91 bits per heavy atom. The molecule has 1 aliphatic heterocycles. The third-order valence-corrected chi connectivity index (χ3v) is 3.48. The molecular weight excluding hydrogens is 304 g/mol. The molecule has 6 heteroatoms. The lowest BCUT2D eigenvalue weighted by Crippen LogP contribution is -2.36. The van der Waals surface area contributed by atoms with Crippen LogP contribution in [0.2, 0.25) is 5.15 Å². The average molecular weight is 325 g/mol. The summed E-state index contributed by atoms with van der Waals surface area (Å²) < 4.78 is 11.2. The molecule has 1 atom stereocenters. The summed E-state index contributed by atoms with van der Waals surface area (Å²) in [6.45, 7) is 10.4. The van der Waals surface area contributed by atoms with Gasteiger partial charge in [-0.1, -0.05) is 24.3 Å². The van der Waals surface area contributed by atoms with Gasteiger partial charge in [0.05, 0.1) is 12.7 Å². The summed E-state index contributed by atoms with van der Waals surface area (Å²) in [6, 6.07) is 1.79. The second kappa shape index (κ2) is 6.57. The Morgan fingerprint density at radius 1 is 1.55 bits per heavy atom. The van der Waals surface area contributed by atoms with Crippen molar-refractivity contribution in [3.8, 4) is 5.75 Å². The molecule has 1 aliphatic rings. The van der Waals surface area contributed by atoms with Crippen LogP contribution in [0.25, 0.3) is 6.08 Å². The van der Waals surface area contributed by atoms with Crippen molar-refractivity contribution in [1.29, 1.82) is 0 Å². The van der Waals surface area contributed by atoms with E-state index in [9.17, 15) is 4.79 Å². The summed E-state index contributed by atoms with van der Waals surface area (Å²) in [5.41, 5.74) is 0.232. The van der Waals surface area contributed by atoms with Crippen LogP contribution in [0, 0.1) is 0 Å². The van der Waals surface area contributed by atoms with Gasteiger partial charge in [-0.2, -0.15) is 0 Å². The lowest BCUT2D eigenvalue weighted by Gasteiger charge is -2.24. The van der Waals surface area contributed by atoms with Gasteiger partial charge in [-0.05, 0) is 26.8 Å². The maximum absolute atomic E-state index is 12.0. The molecular formula is C16H21ClN2O3. The summed E-state index contributed by atoms with van der Waals surface area (Å²) in [6.07, 6.45) is 3.58. The lowest BCUT2D eigenvalue weighted by molar-refractivity contribution is 0.0275. The van der Waals surface area contributed by atoms with Crippen LogP contribution in [0.15, 0.2) is 18.8 Å². The third-order valence-electron chi connectivity index (χ3n) is 3.16. The van der Waals surface area contributed by atoms with Crippen molar-refractivity contribution in [2.24, 2.45) is 0 Å². The molecule has 0 unspecified atom stereocenters. The number of carbonyl (C=O) groups excluding carboxylic acids is 1. The predicted molar refractivity (Wildman–Crippen MR) is 86.2 cm³/mol. The standard InChI is InChI=1S/C16H21ClN2O3/c1-5-11-8-13(9-18-14(11)17)21-12-6-7-19(10-12)15(20)22-16(2,3)4/h5,8-9,12H,1,6-7,10H2,2-4H3/t12-/m1/s1. The monoisotopic (exact) mass is 324 g/mol. The largest absolute Gasteiger partial charge is 0.487 e. The number of hydrogen-bond donors (Lipinski definition) is 0. The first-order valence-corrected chi connectivity index (χ1v) is 7.59. The number of amides is 1. The highest BCUT2D eigenvalue weighted by atomic mass is 35.5. The van der Waals surface area contributed by atoms with Crippen LogP contribution < -0.4 is 4.74 Å². The summed E-state index contributed by atoms with van der Waals surface area (Å²) >= 11 is 5.93. The zero-order valence-electron chi connectivity index (χ0n) is 13.1. The molecule has 0 aliphatic carbocycles. The molecule has 0 aromatic carbocycles.